The first kappa shape index (κ1) is 15.0. The van der Waals surface area contributed by atoms with Crippen LogP contribution in [0.25, 0.3) is 0 Å². The fourth-order valence-corrected chi connectivity index (χ4v) is 3.44. The molecule has 0 aromatic heterocycles. The van der Waals surface area contributed by atoms with Crippen LogP contribution in [0.1, 0.15) is 5.56 Å². The van der Waals surface area contributed by atoms with Crippen LogP contribution in [0.2, 0.25) is 15.1 Å². The standard InChI is InChI=1S/C14H12Cl3NS/c15-10-2-1-9(5-6-18)13(7-10)19-14-8-11(16)3-4-12(14)17/h1-4,7-8H,5-6,18H2. The second kappa shape index (κ2) is 6.87. The Morgan fingerprint density at radius 1 is 0.895 bits per heavy atom. The van der Waals surface area contributed by atoms with Crippen LogP contribution in [-0.2, 0) is 6.42 Å². The summed E-state index contributed by atoms with van der Waals surface area (Å²) in [5.74, 6) is 0. The van der Waals surface area contributed by atoms with Gasteiger partial charge in [0.15, 0.2) is 0 Å². The molecule has 1 nitrogen and oxygen atoms in total. The second-order valence-electron chi connectivity index (χ2n) is 3.97. The molecule has 0 fully saturated rings. The number of hydrogen-bond acceptors (Lipinski definition) is 2. The third kappa shape index (κ3) is 4.04. The van der Waals surface area contributed by atoms with Gasteiger partial charge in [0.1, 0.15) is 0 Å². The van der Waals surface area contributed by atoms with Crippen LogP contribution in [-0.4, -0.2) is 6.54 Å². The molecule has 19 heavy (non-hydrogen) atoms. The smallest absolute Gasteiger partial charge is 0.0546 e. The van der Waals surface area contributed by atoms with E-state index in [0.717, 1.165) is 21.8 Å². The molecule has 0 aliphatic heterocycles. The average Bonchev–Trinajstić information content (AvgIpc) is 2.37. The van der Waals surface area contributed by atoms with Gasteiger partial charge in [-0.15, -0.1) is 0 Å². The van der Waals surface area contributed by atoms with Crippen LogP contribution in [0.4, 0.5) is 0 Å². The third-order valence-corrected chi connectivity index (χ3v) is 4.63. The minimum absolute atomic E-state index is 0.596. The molecule has 0 amide bonds. The molecule has 5 heteroatoms. The van der Waals surface area contributed by atoms with E-state index in [-0.39, 0.29) is 0 Å². The minimum Gasteiger partial charge on any atom is -0.330 e. The number of halogens is 3. The molecule has 0 saturated heterocycles. The summed E-state index contributed by atoms with van der Waals surface area (Å²) in [6, 6.07) is 11.2. The Kier molecular flexibility index (Phi) is 5.43. The van der Waals surface area contributed by atoms with Crippen LogP contribution in [0.15, 0.2) is 46.2 Å². The Hall–Kier alpha value is -0.380. The first-order chi connectivity index (χ1) is 9.10. The molecule has 0 atom stereocenters. The van der Waals surface area contributed by atoms with Gasteiger partial charge < -0.3 is 5.73 Å². The predicted molar refractivity (Wildman–Crippen MR) is 84.8 cm³/mol. The van der Waals surface area contributed by atoms with Crippen molar-refractivity contribution in [2.45, 2.75) is 16.2 Å². The maximum absolute atomic E-state index is 6.18. The first-order valence-corrected chi connectivity index (χ1v) is 7.66. The monoisotopic (exact) mass is 331 g/mol. The van der Waals surface area contributed by atoms with Gasteiger partial charge in [0.2, 0.25) is 0 Å². The molecule has 0 saturated carbocycles. The molecular weight excluding hydrogens is 321 g/mol. The topological polar surface area (TPSA) is 26.0 Å². The van der Waals surface area contributed by atoms with Gasteiger partial charge in [-0.05, 0) is 48.9 Å². The Bertz CT molecular complexity index is 587. The summed E-state index contributed by atoms with van der Waals surface area (Å²) >= 11 is 19.8. The van der Waals surface area contributed by atoms with Crippen molar-refractivity contribution in [2.24, 2.45) is 5.73 Å². The number of hydrogen-bond donors (Lipinski definition) is 1. The van der Waals surface area contributed by atoms with Gasteiger partial charge in [-0.25, -0.2) is 0 Å². The molecular formula is C14H12Cl3NS. The molecule has 0 bridgehead atoms. The van der Waals surface area contributed by atoms with Gasteiger partial charge in [-0.2, -0.15) is 0 Å². The molecule has 2 N–H and O–H groups in total. The van der Waals surface area contributed by atoms with Crippen molar-refractivity contribution in [3.05, 3.63) is 57.0 Å². The van der Waals surface area contributed by atoms with E-state index >= 15 is 0 Å². The van der Waals surface area contributed by atoms with E-state index in [2.05, 4.69) is 0 Å². The van der Waals surface area contributed by atoms with Crippen molar-refractivity contribution in [1.82, 2.24) is 0 Å². The van der Waals surface area contributed by atoms with Gasteiger partial charge in [0, 0.05) is 19.8 Å². The Labute approximate surface area is 132 Å². The fourth-order valence-electron chi connectivity index (χ4n) is 1.66. The van der Waals surface area contributed by atoms with E-state index in [1.807, 2.05) is 24.3 Å². The highest BCUT2D eigenvalue weighted by molar-refractivity contribution is 7.99. The average molecular weight is 333 g/mol. The van der Waals surface area contributed by atoms with E-state index in [1.54, 1.807) is 23.9 Å². The van der Waals surface area contributed by atoms with Gasteiger partial charge in [-0.3, -0.25) is 0 Å². The minimum atomic E-state index is 0.596. The summed E-state index contributed by atoms with van der Waals surface area (Å²) < 4.78 is 0. The number of benzene rings is 2. The van der Waals surface area contributed by atoms with Gasteiger partial charge in [0.05, 0.1) is 5.02 Å². The summed E-state index contributed by atoms with van der Waals surface area (Å²) in [4.78, 5) is 1.97. The van der Waals surface area contributed by atoms with Gasteiger partial charge in [0.25, 0.3) is 0 Å². The molecule has 2 aromatic rings. The zero-order valence-corrected chi connectivity index (χ0v) is 13.1. The Morgan fingerprint density at radius 3 is 2.21 bits per heavy atom. The lowest BCUT2D eigenvalue weighted by Gasteiger charge is -2.10. The van der Waals surface area contributed by atoms with E-state index in [4.69, 9.17) is 40.5 Å². The molecule has 0 spiro atoms. The van der Waals surface area contributed by atoms with Crippen molar-refractivity contribution < 1.29 is 0 Å². The lowest BCUT2D eigenvalue weighted by atomic mass is 10.1. The third-order valence-electron chi connectivity index (χ3n) is 2.56. The van der Waals surface area contributed by atoms with Crippen LogP contribution in [0, 0.1) is 0 Å². The largest absolute Gasteiger partial charge is 0.330 e. The summed E-state index contributed by atoms with van der Waals surface area (Å²) in [6.45, 7) is 0.596. The second-order valence-corrected chi connectivity index (χ2v) is 6.33. The van der Waals surface area contributed by atoms with Crippen molar-refractivity contribution in [1.29, 1.82) is 0 Å². The normalized spacial score (nSPS) is 10.7. The van der Waals surface area contributed by atoms with Gasteiger partial charge >= 0.3 is 0 Å². The molecule has 2 rings (SSSR count). The lowest BCUT2D eigenvalue weighted by molar-refractivity contribution is 0.944. The molecule has 0 aliphatic carbocycles. The zero-order valence-electron chi connectivity index (χ0n) is 10.00. The molecule has 0 heterocycles. The van der Waals surface area contributed by atoms with Crippen molar-refractivity contribution >= 4 is 46.6 Å². The van der Waals surface area contributed by atoms with E-state index in [9.17, 15) is 0 Å². The van der Waals surface area contributed by atoms with E-state index in [1.165, 1.54) is 0 Å². The summed E-state index contributed by atoms with van der Waals surface area (Å²) in [7, 11) is 0. The lowest BCUT2D eigenvalue weighted by Crippen LogP contribution is -2.03. The van der Waals surface area contributed by atoms with E-state index < -0.39 is 0 Å². The maximum atomic E-state index is 6.18. The highest BCUT2D eigenvalue weighted by Gasteiger charge is 2.08. The Morgan fingerprint density at radius 2 is 1.53 bits per heavy atom. The van der Waals surface area contributed by atoms with Crippen LogP contribution in [0.5, 0.6) is 0 Å². The number of rotatable bonds is 4. The van der Waals surface area contributed by atoms with Crippen molar-refractivity contribution in [3.8, 4) is 0 Å². The van der Waals surface area contributed by atoms with Crippen LogP contribution in [0.3, 0.4) is 0 Å². The van der Waals surface area contributed by atoms with Crippen LogP contribution < -0.4 is 5.73 Å². The predicted octanol–water partition coefficient (Wildman–Crippen LogP) is 5.30. The molecule has 100 valence electrons. The first-order valence-electron chi connectivity index (χ1n) is 5.71. The molecule has 2 aromatic carbocycles. The molecule has 0 aliphatic rings. The highest BCUT2D eigenvalue weighted by Crippen LogP contribution is 2.37. The molecule has 0 unspecified atom stereocenters. The summed E-state index contributed by atoms with van der Waals surface area (Å²) in [5.41, 5.74) is 6.79. The van der Waals surface area contributed by atoms with Crippen molar-refractivity contribution in [3.63, 3.8) is 0 Å². The summed E-state index contributed by atoms with van der Waals surface area (Å²) in [5, 5.41) is 2.03. The summed E-state index contributed by atoms with van der Waals surface area (Å²) in [6.07, 6.45) is 0.803. The quantitative estimate of drug-likeness (QED) is 0.822. The molecule has 0 radical (unpaired) electrons. The number of nitrogens with two attached hydrogens (primary N) is 1. The highest BCUT2D eigenvalue weighted by atomic mass is 35.5. The van der Waals surface area contributed by atoms with Gasteiger partial charge in [-0.1, -0.05) is 52.6 Å². The van der Waals surface area contributed by atoms with E-state index in [0.29, 0.717) is 21.6 Å². The Balaban J connectivity index is 2.36. The van der Waals surface area contributed by atoms with Crippen molar-refractivity contribution in [2.75, 3.05) is 6.54 Å². The SMILES string of the molecule is NCCc1ccc(Cl)cc1Sc1cc(Cl)ccc1Cl. The van der Waals surface area contributed by atoms with Crippen LogP contribution >= 0.6 is 46.6 Å². The zero-order chi connectivity index (χ0) is 13.8. The fraction of sp³-hybridized carbons (Fsp3) is 0.143. The maximum Gasteiger partial charge on any atom is 0.0546 e.